The second kappa shape index (κ2) is 10.0. The number of fused-ring (bicyclic) bond motifs is 2. The van der Waals surface area contributed by atoms with Crippen molar-refractivity contribution in [2.24, 2.45) is 0 Å². The van der Waals surface area contributed by atoms with Crippen LogP contribution in [-0.4, -0.2) is 69.5 Å². The number of hydrogen-bond acceptors (Lipinski definition) is 8. The van der Waals surface area contributed by atoms with Gasteiger partial charge in [-0.3, -0.25) is 19.7 Å². The molecule has 2 N–H and O–H groups in total. The van der Waals surface area contributed by atoms with Gasteiger partial charge in [0, 0.05) is 56.5 Å². The van der Waals surface area contributed by atoms with Gasteiger partial charge in [0.25, 0.3) is 5.56 Å². The van der Waals surface area contributed by atoms with E-state index in [1.54, 1.807) is 16.8 Å². The number of aliphatic hydroxyl groups is 1. The molecule has 0 unspecified atom stereocenters. The van der Waals surface area contributed by atoms with Gasteiger partial charge in [0.1, 0.15) is 19.0 Å². The summed E-state index contributed by atoms with van der Waals surface area (Å²) in [5.41, 5.74) is 1.75. The first-order chi connectivity index (χ1) is 16.6. The van der Waals surface area contributed by atoms with E-state index in [1.807, 2.05) is 6.07 Å². The van der Waals surface area contributed by atoms with Gasteiger partial charge in [0.15, 0.2) is 11.5 Å². The van der Waals surface area contributed by atoms with Crippen molar-refractivity contribution in [2.75, 3.05) is 32.9 Å². The van der Waals surface area contributed by atoms with Crippen LogP contribution < -0.4 is 20.3 Å². The summed E-state index contributed by atoms with van der Waals surface area (Å²) >= 11 is 0. The number of aliphatic hydroxyl groups excluding tert-OH is 1. The molecule has 0 saturated carbocycles. The Kier molecular flexibility index (Phi) is 6.70. The molecule has 2 aliphatic heterocycles. The van der Waals surface area contributed by atoms with Crippen LogP contribution in [0.3, 0.4) is 0 Å². The SMILES string of the molecule is O=c1ccc2ncc(F)cc2n1CCN1CC[C@@H](NCc2cc3c(cn2)OCCO3)C[C@@H]1CO. The van der Waals surface area contributed by atoms with Gasteiger partial charge in [-0.2, -0.15) is 0 Å². The molecule has 180 valence electrons. The lowest BCUT2D eigenvalue weighted by Crippen LogP contribution is -2.51. The average molecular weight is 470 g/mol. The number of hydrogen-bond donors (Lipinski definition) is 2. The van der Waals surface area contributed by atoms with Crippen LogP contribution >= 0.6 is 0 Å². The Labute approximate surface area is 196 Å². The molecule has 10 heteroatoms. The average Bonchev–Trinajstić information content (AvgIpc) is 2.87. The predicted octanol–water partition coefficient (Wildman–Crippen LogP) is 1.32. The molecule has 0 amide bonds. The summed E-state index contributed by atoms with van der Waals surface area (Å²) in [4.78, 5) is 23.1. The van der Waals surface area contributed by atoms with E-state index >= 15 is 0 Å². The molecule has 0 aromatic carbocycles. The molecule has 1 saturated heterocycles. The first-order valence-electron chi connectivity index (χ1n) is 11.6. The Balaban J connectivity index is 1.19. The summed E-state index contributed by atoms with van der Waals surface area (Å²) in [7, 11) is 0. The summed E-state index contributed by atoms with van der Waals surface area (Å²) in [5.74, 6) is 0.923. The summed E-state index contributed by atoms with van der Waals surface area (Å²) in [6.45, 7) is 3.47. The van der Waals surface area contributed by atoms with E-state index in [-0.39, 0.29) is 24.2 Å². The van der Waals surface area contributed by atoms with E-state index in [2.05, 4.69) is 20.2 Å². The van der Waals surface area contributed by atoms with E-state index in [9.17, 15) is 14.3 Å². The van der Waals surface area contributed by atoms with Crippen LogP contribution in [0.5, 0.6) is 11.5 Å². The summed E-state index contributed by atoms with van der Waals surface area (Å²) < 4.78 is 26.4. The largest absolute Gasteiger partial charge is 0.486 e. The Hall–Kier alpha value is -3.08. The number of aromatic nitrogens is 3. The lowest BCUT2D eigenvalue weighted by molar-refractivity contribution is 0.0717. The molecule has 5 rings (SSSR count). The molecule has 34 heavy (non-hydrogen) atoms. The van der Waals surface area contributed by atoms with Gasteiger partial charge in [-0.15, -0.1) is 0 Å². The minimum atomic E-state index is -0.473. The number of halogens is 1. The first-order valence-corrected chi connectivity index (χ1v) is 11.6. The predicted molar refractivity (Wildman–Crippen MR) is 123 cm³/mol. The van der Waals surface area contributed by atoms with E-state index in [0.29, 0.717) is 49.6 Å². The van der Waals surface area contributed by atoms with Gasteiger partial charge >= 0.3 is 0 Å². The number of rotatable bonds is 7. The molecule has 5 heterocycles. The Morgan fingerprint density at radius 1 is 1.12 bits per heavy atom. The topological polar surface area (TPSA) is 102 Å². The van der Waals surface area contributed by atoms with Crippen molar-refractivity contribution in [3.05, 3.63) is 58.5 Å². The number of pyridine rings is 3. The van der Waals surface area contributed by atoms with E-state index in [0.717, 1.165) is 37.0 Å². The Bertz CT molecular complexity index is 1220. The molecule has 1 fully saturated rings. The second-order valence-corrected chi connectivity index (χ2v) is 8.67. The van der Waals surface area contributed by atoms with Crippen LogP contribution in [0.4, 0.5) is 4.39 Å². The number of nitrogens with zero attached hydrogens (tertiary/aromatic N) is 4. The lowest BCUT2D eigenvalue weighted by atomic mass is 9.97. The van der Waals surface area contributed by atoms with Gasteiger partial charge in [0.2, 0.25) is 0 Å². The van der Waals surface area contributed by atoms with Crippen LogP contribution in [0.15, 0.2) is 41.5 Å². The fourth-order valence-corrected chi connectivity index (χ4v) is 4.71. The highest BCUT2D eigenvalue weighted by atomic mass is 19.1. The maximum Gasteiger partial charge on any atom is 0.251 e. The molecule has 3 aromatic heterocycles. The zero-order chi connectivity index (χ0) is 23.5. The zero-order valence-corrected chi connectivity index (χ0v) is 18.8. The van der Waals surface area contributed by atoms with Crippen LogP contribution in [0.1, 0.15) is 18.5 Å². The first kappa shape index (κ1) is 22.7. The van der Waals surface area contributed by atoms with E-state index < -0.39 is 5.82 Å². The summed E-state index contributed by atoms with van der Waals surface area (Å²) in [6.07, 6.45) is 4.53. The molecular formula is C24H28FN5O4. The van der Waals surface area contributed by atoms with Crippen LogP contribution in [0.2, 0.25) is 0 Å². The third-order valence-electron chi connectivity index (χ3n) is 6.52. The maximum absolute atomic E-state index is 13.7. The van der Waals surface area contributed by atoms with Gasteiger partial charge in [-0.05, 0) is 18.9 Å². The van der Waals surface area contributed by atoms with Crippen molar-refractivity contribution in [1.82, 2.24) is 24.8 Å². The highest BCUT2D eigenvalue weighted by molar-refractivity contribution is 5.74. The molecule has 0 radical (unpaired) electrons. The maximum atomic E-state index is 13.7. The third kappa shape index (κ3) is 4.89. The molecular weight excluding hydrogens is 441 g/mol. The molecule has 9 nitrogen and oxygen atoms in total. The van der Waals surface area contributed by atoms with Crippen molar-refractivity contribution in [3.63, 3.8) is 0 Å². The van der Waals surface area contributed by atoms with Crippen molar-refractivity contribution in [1.29, 1.82) is 0 Å². The molecule has 3 aromatic rings. The zero-order valence-electron chi connectivity index (χ0n) is 18.8. The lowest BCUT2D eigenvalue weighted by Gasteiger charge is -2.39. The van der Waals surface area contributed by atoms with Crippen molar-refractivity contribution in [2.45, 2.75) is 38.0 Å². The smallest absolute Gasteiger partial charge is 0.251 e. The number of ether oxygens (including phenoxy) is 2. The normalized spacial score (nSPS) is 20.5. The standard InChI is InChI=1S/C24H28FN5O4/c25-16-9-21-20(28-12-16)1-2-24(32)30(21)6-5-29-4-3-17(10-19(29)15-31)26-13-18-11-22-23(14-27-18)34-8-7-33-22/h1-2,9,11-12,14,17,19,26,31H,3-8,10,13,15H2/t17-,19-/m1/s1. The minimum Gasteiger partial charge on any atom is -0.486 e. The molecule has 0 bridgehead atoms. The van der Waals surface area contributed by atoms with E-state index in [1.165, 1.54) is 12.1 Å². The van der Waals surface area contributed by atoms with Crippen molar-refractivity contribution >= 4 is 11.0 Å². The number of piperidine rings is 1. The minimum absolute atomic E-state index is 0.0278. The second-order valence-electron chi connectivity index (χ2n) is 8.67. The molecule has 2 aliphatic rings. The van der Waals surface area contributed by atoms with Crippen LogP contribution in [-0.2, 0) is 13.1 Å². The molecule has 0 spiro atoms. The fourth-order valence-electron chi connectivity index (χ4n) is 4.71. The number of likely N-dealkylation sites (tertiary alicyclic amines) is 1. The fraction of sp³-hybridized carbons (Fsp3) is 0.458. The highest BCUT2D eigenvalue weighted by Crippen LogP contribution is 2.29. The van der Waals surface area contributed by atoms with Gasteiger partial charge in [0.05, 0.1) is 35.7 Å². The van der Waals surface area contributed by atoms with Crippen molar-refractivity contribution in [3.8, 4) is 11.5 Å². The van der Waals surface area contributed by atoms with Crippen LogP contribution in [0.25, 0.3) is 11.0 Å². The summed E-state index contributed by atoms with van der Waals surface area (Å²) in [6, 6.07) is 6.52. The number of nitrogens with one attached hydrogen (secondary N) is 1. The summed E-state index contributed by atoms with van der Waals surface area (Å²) in [5, 5.41) is 13.6. The Morgan fingerprint density at radius 2 is 1.97 bits per heavy atom. The monoisotopic (exact) mass is 469 g/mol. The van der Waals surface area contributed by atoms with Crippen LogP contribution in [0, 0.1) is 5.82 Å². The van der Waals surface area contributed by atoms with Gasteiger partial charge < -0.3 is 24.5 Å². The van der Waals surface area contributed by atoms with Crippen molar-refractivity contribution < 1.29 is 19.0 Å². The molecule has 2 atom stereocenters. The highest BCUT2D eigenvalue weighted by Gasteiger charge is 2.28. The molecule has 0 aliphatic carbocycles. The van der Waals surface area contributed by atoms with Gasteiger partial charge in [-0.25, -0.2) is 4.39 Å². The van der Waals surface area contributed by atoms with Gasteiger partial charge in [-0.1, -0.05) is 0 Å². The third-order valence-corrected chi connectivity index (χ3v) is 6.52. The van der Waals surface area contributed by atoms with E-state index in [4.69, 9.17) is 9.47 Å². The Morgan fingerprint density at radius 3 is 2.82 bits per heavy atom. The quantitative estimate of drug-likeness (QED) is 0.534.